The minimum Gasteiger partial charge on any atom is -0.400 e. The van der Waals surface area contributed by atoms with Crippen molar-refractivity contribution in [3.63, 3.8) is 0 Å². The normalized spacial score (nSPS) is 9.25. The summed E-state index contributed by atoms with van der Waals surface area (Å²) in [6, 6.07) is 0. The quantitative estimate of drug-likeness (QED) is 0.264. The molecule has 0 aromatic rings. The van der Waals surface area contributed by atoms with Gasteiger partial charge in [-0.05, 0) is 19.3 Å². The van der Waals surface area contributed by atoms with Crippen LogP contribution in [-0.2, 0) is 39.5 Å². The smallest absolute Gasteiger partial charge is 0.400 e. The molecule has 0 unspecified atom stereocenters. The molecule has 0 bridgehead atoms. The average Bonchev–Trinajstić information content (AvgIpc) is 2.61. The Hall–Kier alpha value is 0.820. The van der Waals surface area contributed by atoms with Gasteiger partial charge in [-0.15, -0.1) is 0 Å². The first-order valence-electron chi connectivity index (χ1n) is 8.16. The summed E-state index contributed by atoms with van der Waals surface area (Å²) in [6.07, 6.45) is 5.87. The molecule has 0 saturated carbocycles. The van der Waals surface area contributed by atoms with E-state index in [2.05, 4.69) is 20.8 Å². The second-order valence-corrected chi connectivity index (χ2v) is 6.04. The standard InChI is InChI=1S/C12H28O4Si.3CH4O.Zr/c1-4-7-10-14-17(13,15-11-8-5-2)16-12-9-6-3;3*1-2;/h13H,4-12H2,1-3H3;3*2H,1H3;. The van der Waals surface area contributed by atoms with E-state index in [9.17, 15) is 4.80 Å². The molecule has 0 amide bonds. The van der Waals surface area contributed by atoms with Gasteiger partial charge >= 0.3 is 9.05 Å². The first-order chi connectivity index (χ1) is 11.2. The zero-order valence-electron chi connectivity index (χ0n) is 16.4. The fraction of sp³-hybridized carbons (Fsp3) is 1.00. The van der Waals surface area contributed by atoms with Crippen LogP contribution >= 0.6 is 0 Å². The van der Waals surface area contributed by atoms with Gasteiger partial charge in [0.1, 0.15) is 0 Å². The van der Waals surface area contributed by atoms with E-state index < -0.39 is 9.05 Å². The van der Waals surface area contributed by atoms with Gasteiger partial charge in [-0.2, -0.15) is 0 Å². The molecule has 0 aliphatic rings. The van der Waals surface area contributed by atoms with Crippen LogP contribution in [0.15, 0.2) is 0 Å². The summed E-state index contributed by atoms with van der Waals surface area (Å²) in [6.45, 7) is 7.78. The van der Waals surface area contributed by atoms with Crippen LogP contribution in [0.4, 0.5) is 0 Å². The van der Waals surface area contributed by atoms with E-state index in [1.54, 1.807) is 0 Å². The molecule has 0 fully saturated rings. The third kappa shape index (κ3) is 30.7. The predicted molar refractivity (Wildman–Crippen MR) is 95.0 cm³/mol. The molecule has 0 aliphatic carbocycles. The maximum atomic E-state index is 10.2. The SMILES string of the molecule is CCCCO[Si](O)(OCCCC)OCCCC.CO.CO.CO.[Zr]. The largest absolute Gasteiger partial charge is 0.676 e. The molecule has 0 spiro atoms. The van der Waals surface area contributed by atoms with Crippen LogP contribution in [0.2, 0.25) is 0 Å². The van der Waals surface area contributed by atoms with Gasteiger partial charge in [-0.3, -0.25) is 0 Å². The van der Waals surface area contributed by atoms with Gasteiger partial charge in [0.15, 0.2) is 0 Å². The summed E-state index contributed by atoms with van der Waals surface area (Å²) in [5.41, 5.74) is 0. The molecule has 0 rings (SSSR count). The minimum atomic E-state index is -3.36. The zero-order chi connectivity index (χ0) is 19.0. The van der Waals surface area contributed by atoms with Gasteiger partial charge in [0.05, 0.1) is 0 Å². The molecule has 0 aromatic carbocycles. The number of aliphatic hydroxyl groups is 3. The van der Waals surface area contributed by atoms with Crippen molar-refractivity contribution in [1.29, 1.82) is 0 Å². The number of aliphatic hydroxyl groups excluding tert-OH is 3. The zero-order valence-corrected chi connectivity index (χ0v) is 19.8. The number of hydrogen-bond acceptors (Lipinski definition) is 7. The average molecular weight is 452 g/mol. The molecule has 0 heterocycles. The van der Waals surface area contributed by atoms with Crippen LogP contribution in [0, 0.1) is 0 Å². The third-order valence-corrected chi connectivity index (χ3v) is 4.05. The summed E-state index contributed by atoms with van der Waals surface area (Å²) in [5, 5.41) is 21.0. The van der Waals surface area contributed by atoms with E-state index in [1.165, 1.54) is 0 Å². The summed E-state index contributed by atoms with van der Waals surface area (Å²) in [4.78, 5) is 10.2. The van der Waals surface area contributed by atoms with Crippen LogP contribution in [0.3, 0.4) is 0 Å². The summed E-state index contributed by atoms with van der Waals surface area (Å²) in [7, 11) is -0.361. The van der Waals surface area contributed by atoms with Crippen LogP contribution in [0.5, 0.6) is 0 Å². The Kier molecular flexibility index (Phi) is 52.3. The Morgan fingerprint density at radius 1 is 0.583 bits per heavy atom. The minimum absolute atomic E-state index is 0. The van der Waals surface area contributed by atoms with Crippen molar-refractivity contribution >= 4 is 9.05 Å². The Morgan fingerprint density at radius 2 is 0.792 bits per heavy atom. The van der Waals surface area contributed by atoms with Crippen LogP contribution in [0.25, 0.3) is 0 Å². The van der Waals surface area contributed by atoms with Crippen LogP contribution in [-0.4, -0.2) is 70.3 Å². The van der Waals surface area contributed by atoms with Crippen molar-refractivity contribution in [3.05, 3.63) is 0 Å². The number of hydrogen-bond donors (Lipinski definition) is 4. The van der Waals surface area contributed by atoms with E-state index in [0.29, 0.717) is 19.8 Å². The van der Waals surface area contributed by atoms with Crippen LogP contribution < -0.4 is 0 Å². The van der Waals surface area contributed by atoms with Crippen molar-refractivity contribution in [3.8, 4) is 0 Å². The summed E-state index contributed by atoms with van der Waals surface area (Å²) < 4.78 is 16.2. The maximum Gasteiger partial charge on any atom is 0.676 e. The Labute approximate surface area is 169 Å². The van der Waals surface area contributed by atoms with E-state index in [1.807, 2.05) is 0 Å². The van der Waals surface area contributed by atoms with Crippen molar-refractivity contribution in [2.75, 3.05) is 41.2 Å². The van der Waals surface area contributed by atoms with Crippen LogP contribution in [0.1, 0.15) is 59.3 Å². The number of rotatable bonds is 12. The first-order valence-corrected chi connectivity index (χ1v) is 9.84. The molecule has 4 N–H and O–H groups in total. The van der Waals surface area contributed by atoms with Crippen molar-refractivity contribution in [2.45, 2.75) is 59.3 Å². The Morgan fingerprint density at radius 3 is 0.958 bits per heavy atom. The first kappa shape index (κ1) is 35.8. The fourth-order valence-electron chi connectivity index (χ4n) is 1.16. The van der Waals surface area contributed by atoms with Gasteiger partial charge in [0.2, 0.25) is 0 Å². The number of unbranched alkanes of at least 4 members (excludes halogenated alkanes) is 3. The van der Waals surface area contributed by atoms with Crippen molar-refractivity contribution in [2.24, 2.45) is 0 Å². The molecule has 0 aromatic heterocycles. The van der Waals surface area contributed by atoms with E-state index in [0.717, 1.165) is 59.9 Å². The Balaban J connectivity index is -0.000000153. The Bertz CT molecular complexity index is 153. The van der Waals surface area contributed by atoms with Gasteiger partial charge in [-0.25, -0.2) is 0 Å². The molecular formula is C15H40O7SiZr. The molecule has 150 valence electrons. The molecule has 0 radical (unpaired) electrons. The second kappa shape index (κ2) is 35.0. The van der Waals surface area contributed by atoms with Crippen molar-refractivity contribution in [1.82, 2.24) is 0 Å². The van der Waals surface area contributed by atoms with Gasteiger partial charge in [0, 0.05) is 67.4 Å². The topological polar surface area (TPSA) is 109 Å². The summed E-state index contributed by atoms with van der Waals surface area (Å²) >= 11 is 0. The third-order valence-electron chi connectivity index (χ3n) is 2.35. The molecule has 24 heavy (non-hydrogen) atoms. The van der Waals surface area contributed by atoms with Gasteiger partial charge in [0.25, 0.3) is 0 Å². The van der Waals surface area contributed by atoms with Crippen molar-refractivity contribution < 1.29 is 59.6 Å². The monoisotopic (exact) mass is 450 g/mol. The summed E-state index contributed by atoms with van der Waals surface area (Å²) in [5.74, 6) is 0. The second-order valence-electron chi connectivity index (χ2n) is 4.13. The predicted octanol–water partition coefficient (Wildman–Crippen LogP) is 1.69. The van der Waals surface area contributed by atoms with E-state index in [4.69, 9.17) is 28.6 Å². The molecular weight excluding hydrogens is 411 g/mol. The maximum absolute atomic E-state index is 10.2. The fourth-order valence-corrected chi connectivity index (χ4v) is 2.62. The van der Waals surface area contributed by atoms with Gasteiger partial charge in [-0.1, -0.05) is 40.0 Å². The molecule has 0 saturated heterocycles. The molecule has 0 aliphatic heterocycles. The van der Waals surface area contributed by atoms with E-state index in [-0.39, 0.29) is 26.2 Å². The molecule has 9 heteroatoms. The molecule has 0 atom stereocenters. The molecule has 7 nitrogen and oxygen atoms in total. The van der Waals surface area contributed by atoms with E-state index >= 15 is 0 Å². The van der Waals surface area contributed by atoms with Gasteiger partial charge < -0.3 is 33.4 Å².